The average Bonchev–Trinajstić information content (AvgIpc) is 2.50. The van der Waals surface area contributed by atoms with Crippen molar-refractivity contribution in [2.45, 2.75) is 26.7 Å². The first kappa shape index (κ1) is 16.8. The minimum Gasteiger partial charge on any atom is -0.484 e. The molecule has 1 heterocycles. The number of piperidine rings is 1. The predicted octanol–water partition coefficient (Wildman–Crippen LogP) is 2.55. The SMILES string of the molecule is C[C@@H]1C[C@H](C)CN(CCCNC(=O)COc2ccccc2)C1. The van der Waals surface area contributed by atoms with Gasteiger partial charge in [0.1, 0.15) is 5.75 Å². The van der Waals surface area contributed by atoms with Gasteiger partial charge in [0.2, 0.25) is 0 Å². The van der Waals surface area contributed by atoms with Crippen LogP contribution in [-0.4, -0.2) is 43.6 Å². The van der Waals surface area contributed by atoms with Crippen molar-refractivity contribution in [2.75, 3.05) is 32.8 Å². The maximum absolute atomic E-state index is 11.7. The summed E-state index contributed by atoms with van der Waals surface area (Å²) in [5, 5.41) is 2.92. The molecular weight excluding hydrogens is 276 g/mol. The van der Waals surface area contributed by atoms with Crippen molar-refractivity contribution in [3.8, 4) is 5.75 Å². The van der Waals surface area contributed by atoms with E-state index in [0.29, 0.717) is 0 Å². The molecule has 1 amide bonds. The van der Waals surface area contributed by atoms with Gasteiger partial charge in [0.25, 0.3) is 5.91 Å². The molecule has 1 aliphatic heterocycles. The Labute approximate surface area is 133 Å². The highest BCUT2D eigenvalue weighted by molar-refractivity contribution is 5.77. The first-order valence-corrected chi connectivity index (χ1v) is 8.30. The summed E-state index contributed by atoms with van der Waals surface area (Å²) in [7, 11) is 0. The van der Waals surface area contributed by atoms with Gasteiger partial charge < -0.3 is 15.0 Å². The monoisotopic (exact) mass is 304 g/mol. The van der Waals surface area contributed by atoms with Crippen LogP contribution in [0.1, 0.15) is 26.7 Å². The van der Waals surface area contributed by atoms with Gasteiger partial charge in [-0.3, -0.25) is 4.79 Å². The first-order valence-electron chi connectivity index (χ1n) is 8.30. The highest BCUT2D eigenvalue weighted by atomic mass is 16.5. The van der Waals surface area contributed by atoms with Crippen molar-refractivity contribution in [1.29, 1.82) is 0 Å². The molecule has 1 N–H and O–H groups in total. The molecule has 0 bridgehead atoms. The van der Waals surface area contributed by atoms with Gasteiger partial charge in [0, 0.05) is 19.6 Å². The van der Waals surface area contributed by atoms with Gasteiger partial charge in [-0.25, -0.2) is 0 Å². The van der Waals surface area contributed by atoms with E-state index >= 15 is 0 Å². The summed E-state index contributed by atoms with van der Waals surface area (Å²) in [6, 6.07) is 9.43. The molecule has 0 spiro atoms. The molecule has 22 heavy (non-hydrogen) atoms. The highest BCUT2D eigenvalue weighted by Crippen LogP contribution is 2.20. The van der Waals surface area contributed by atoms with Gasteiger partial charge in [-0.05, 0) is 43.4 Å². The molecule has 4 nitrogen and oxygen atoms in total. The summed E-state index contributed by atoms with van der Waals surface area (Å²) in [5.74, 6) is 2.26. The van der Waals surface area contributed by atoms with E-state index < -0.39 is 0 Å². The molecule has 0 aromatic heterocycles. The molecule has 1 aromatic carbocycles. The number of hydrogen-bond donors (Lipinski definition) is 1. The number of amides is 1. The maximum Gasteiger partial charge on any atom is 0.257 e. The Kier molecular flexibility index (Phi) is 6.72. The number of likely N-dealkylation sites (tertiary alicyclic amines) is 1. The molecule has 1 saturated heterocycles. The van der Waals surface area contributed by atoms with Crippen molar-refractivity contribution in [3.05, 3.63) is 30.3 Å². The van der Waals surface area contributed by atoms with Crippen LogP contribution in [0.2, 0.25) is 0 Å². The van der Waals surface area contributed by atoms with E-state index in [1.165, 1.54) is 19.5 Å². The molecule has 122 valence electrons. The Bertz CT molecular complexity index is 440. The molecule has 0 aliphatic carbocycles. The number of nitrogens with zero attached hydrogens (tertiary/aromatic N) is 1. The van der Waals surface area contributed by atoms with Gasteiger partial charge in [0.15, 0.2) is 6.61 Å². The standard InChI is InChI=1S/C18H28N2O2/c1-15-11-16(2)13-20(12-15)10-6-9-19-18(21)14-22-17-7-4-3-5-8-17/h3-5,7-8,15-16H,6,9-14H2,1-2H3,(H,19,21)/t15-,16+. The van der Waals surface area contributed by atoms with Gasteiger partial charge >= 0.3 is 0 Å². The number of para-hydroxylation sites is 1. The van der Waals surface area contributed by atoms with E-state index in [9.17, 15) is 4.79 Å². The number of rotatable bonds is 7. The van der Waals surface area contributed by atoms with Gasteiger partial charge in [0.05, 0.1) is 0 Å². The van der Waals surface area contributed by atoms with Crippen LogP contribution in [0, 0.1) is 11.8 Å². The number of carbonyl (C=O) groups excluding carboxylic acids is 1. The summed E-state index contributed by atoms with van der Waals surface area (Å²) in [6.07, 6.45) is 2.33. The van der Waals surface area contributed by atoms with Crippen molar-refractivity contribution >= 4 is 5.91 Å². The van der Waals surface area contributed by atoms with E-state index in [1.54, 1.807) is 0 Å². The summed E-state index contributed by atoms with van der Waals surface area (Å²) < 4.78 is 5.42. The van der Waals surface area contributed by atoms with E-state index in [1.807, 2.05) is 30.3 Å². The third kappa shape index (κ3) is 6.06. The molecule has 2 rings (SSSR count). The zero-order valence-corrected chi connectivity index (χ0v) is 13.8. The Morgan fingerprint density at radius 2 is 1.91 bits per heavy atom. The molecule has 1 aromatic rings. The quantitative estimate of drug-likeness (QED) is 0.787. The number of benzene rings is 1. The van der Waals surface area contributed by atoms with Crippen LogP contribution in [0.3, 0.4) is 0 Å². The van der Waals surface area contributed by atoms with Crippen molar-refractivity contribution in [1.82, 2.24) is 10.2 Å². The van der Waals surface area contributed by atoms with Crippen LogP contribution in [0.4, 0.5) is 0 Å². The van der Waals surface area contributed by atoms with Gasteiger partial charge in [-0.1, -0.05) is 32.0 Å². The first-order chi connectivity index (χ1) is 10.6. The minimum atomic E-state index is -0.0516. The summed E-state index contributed by atoms with van der Waals surface area (Å²) in [4.78, 5) is 14.2. The van der Waals surface area contributed by atoms with Gasteiger partial charge in [-0.15, -0.1) is 0 Å². The average molecular weight is 304 g/mol. The fourth-order valence-corrected chi connectivity index (χ4v) is 3.22. The maximum atomic E-state index is 11.7. The topological polar surface area (TPSA) is 41.6 Å². The van der Waals surface area contributed by atoms with Crippen LogP contribution in [0.25, 0.3) is 0 Å². The molecule has 4 heteroatoms. The molecule has 0 unspecified atom stereocenters. The van der Waals surface area contributed by atoms with Crippen molar-refractivity contribution in [2.24, 2.45) is 11.8 Å². The van der Waals surface area contributed by atoms with Crippen LogP contribution in [-0.2, 0) is 4.79 Å². The second-order valence-electron chi connectivity index (χ2n) is 6.51. The number of carbonyl (C=O) groups is 1. The lowest BCUT2D eigenvalue weighted by molar-refractivity contribution is -0.123. The number of nitrogens with one attached hydrogen (secondary N) is 1. The molecule has 2 atom stereocenters. The molecule has 1 aliphatic rings. The normalized spacial score (nSPS) is 22.3. The lowest BCUT2D eigenvalue weighted by Gasteiger charge is -2.34. The van der Waals surface area contributed by atoms with Crippen molar-refractivity contribution in [3.63, 3.8) is 0 Å². The largest absolute Gasteiger partial charge is 0.484 e. The van der Waals surface area contributed by atoms with Crippen LogP contribution < -0.4 is 10.1 Å². The molecule has 1 fully saturated rings. The lowest BCUT2D eigenvalue weighted by atomic mass is 9.92. The minimum absolute atomic E-state index is 0.0516. The summed E-state index contributed by atoms with van der Waals surface area (Å²) in [5.41, 5.74) is 0. The van der Waals surface area contributed by atoms with Gasteiger partial charge in [-0.2, -0.15) is 0 Å². The lowest BCUT2D eigenvalue weighted by Crippen LogP contribution is -2.40. The summed E-state index contributed by atoms with van der Waals surface area (Å²) in [6.45, 7) is 8.90. The number of ether oxygens (including phenoxy) is 1. The summed E-state index contributed by atoms with van der Waals surface area (Å²) >= 11 is 0. The second kappa shape index (κ2) is 8.79. The van der Waals surface area contributed by atoms with E-state index in [4.69, 9.17) is 4.74 Å². The smallest absolute Gasteiger partial charge is 0.257 e. The Balaban J connectivity index is 1.55. The third-order valence-electron chi connectivity index (χ3n) is 4.03. The van der Waals surface area contributed by atoms with E-state index in [2.05, 4.69) is 24.1 Å². The van der Waals surface area contributed by atoms with E-state index in [0.717, 1.165) is 37.1 Å². The van der Waals surface area contributed by atoms with Crippen LogP contribution in [0.15, 0.2) is 30.3 Å². The van der Waals surface area contributed by atoms with Crippen LogP contribution in [0.5, 0.6) is 5.75 Å². The third-order valence-corrected chi connectivity index (χ3v) is 4.03. The fraction of sp³-hybridized carbons (Fsp3) is 0.611. The van der Waals surface area contributed by atoms with E-state index in [-0.39, 0.29) is 12.5 Å². The fourth-order valence-electron chi connectivity index (χ4n) is 3.22. The molecular formula is C18H28N2O2. The molecule has 0 radical (unpaired) electrons. The highest BCUT2D eigenvalue weighted by Gasteiger charge is 2.20. The zero-order chi connectivity index (χ0) is 15.8. The zero-order valence-electron chi connectivity index (χ0n) is 13.8. The second-order valence-corrected chi connectivity index (χ2v) is 6.51. The van der Waals surface area contributed by atoms with Crippen molar-refractivity contribution < 1.29 is 9.53 Å². The molecule has 0 saturated carbocycles. The Hall–Kier alpha value is -1.55. The number of hydrogen-bond acceptors (Lipinski definition) is 3. The predicted molar refractivity (Wildman–Crippen MR) is 88.9 cm³/mol. The Morgan fingerprint density at radius 3 is 2.59 bits per heavy atom. The Morgan fingerprint density at radius 1 is 1.23 bits per heavy atom. The van der Waals surface area contributed by atoms with Crippen LogP contribution >= 0.6 is 0 Å².